The van der Waals surface area contributed by atoms with Crippen molar-refractivity contribution in [2.24, 2.45) is 0 Å². The van der Waals surface area contributed by atoms with Gasteiger partial charge in [0.05, 0.1) is 17.9 Å². The number of allylic oxidation sites excluding steroid dienone is 5. The summed E-state index contributed by atoms with van der Waals surface area (Å²) >= 11 is 0. The molecule has 0 aromatic heterocycles. The fourth-order valence-corrected chi connectivity index (χ4v) is 5.51. The molecule has 41 heavy (non-hydrogen) atoms. The summed E-state index contributed by atoms with van der Waals surface area (Å²) < 4.78 is 32.2. The van der Waals surface area contributed by atoms with Gasteiger partial charge in [0.2, 0.25) is 5.91 Å². The third-order valence-electron chi connectivity index (χ3n) is 7.31. The van der Waals surface area contributed by atoms with Crippen molar-refractivity contribution in [3.05, 3.63) is 36.5 Å². The van der Waals surface area contributed by atoms with Gasteiger partial charge in [-0.2, -0.15) is 8.42 Å². The summed E-state index contributed by atoms with van der Waals surface area (Å²) in [6, 6.07) is -1.06. The van der Waals surface area contributed by atoms with E-state index in [0.29, 0.717) is 0 Å². The molecule has 0 fully saturated rings. The van der Waals surface area contributed by atoms with Crippen molar-refractivity contribution in [2.45, 2.75) is 167 Å². The van der Waals surface area contributed by atoms with Gasteiger partial charge >= 0.3 is 0 Å². The van der Waals surface area contributed by atoms with Crippen LogP contribution in [0.3, 0.4) is 0 Å². The first-order valence-electron chi connectivity index (χ1n) is 16.7. The highest BCUT2D eigenvalue weighted by Crippen LogP contribution is 2.12. The Kier molecular flexibility index (Phi) is 27.7. The van der Waals surface area contributed by atoms with Gasteiger partial charge in [0.25, 0.3) is 10.1 Å². The lowest BCUT2D eigenvalue weighted by molar-refractivity contribution is -0.122. The zero-order chi connectivity index (χ0) is 30.4. The second-order valence-electron chi connectivity index (χ2n) is 11.4. The van der Waals surface area contributed by atoms with E-state index in [1.165, 1.54) is 83.1 Å². The SMILES string of the molecule is CCCCC/C=C\C/C=C\CCCCCCCCCC(=O)NC(CS(=O)(=O)O)C(O)/C=C/CCCCCCCCC. The standard InChI is InChI=1S/C34H63NO5S/c1-3-5-7-9-11-13-14-15-16-17-18-19-20-22-24-26-28-30-34(37)35-32(31-41(38,39)40)33(36)29-27-25-23-21-12-10-8-6-4-2/h11,13,15-16,27,29,32-33,36H,3-10,12,14,17-26,28,30-31H2,1-2H3,(H,35,37)(H,38,39,40)/b13-11-,16-15-,29-27+. The Morgan fingerprint density at radius 2 is 1.10 bits per heavy atom. The molecule has 0 radical (unpaired) electrons. The van der Waals surface area contributed by atoms with E-state index in [1.54, 1.807) is 0 Å². The maximum atomic E-state index is 12.4. The van der Waals surface area contributed by atoms with E-state index in [2.05, 4.69) is 43.5 Å². The highest BCUT2D eigenvalue weighted by molar-refractivity contribution is 7.85. The van der Waals surface area contributed by atoms with Crippen molar-refractivity contribution in [3.63, 3.8) is 0 Å². The van der Waals surface area contributed by atoms with Gasteiger partial charge in [-0.25, -0.2) is 0 Å². The number of hydrogen-bond donors (Lipinski definition) is 3. The summed E-state index contributed by atoms with van der Waals surface area (Å²) in [6.07, 6.45) is 35.6. The zero-order valence-corrected chi connectivity index (χ0v) is 27.2. The monoisotopic (exact) mass is 597 g/mol. The van der Waals surface area contributed by atoms with Crippen LogP contribution in [0.5, 0.6) is 0 Å². The molecule has 240 valence electrons. The maximum Gasteiger partial charge on any atom is 0.267 e. The fraction of sp³-hybridized carbons (Fsp3) is 0.794. The Labute approximate surface area is 253 Å². The van der Waals surface area contributed by atoms with Crippen LogP contribution in [0.4, 0.5) is 0 Å². The molecule has 0 aliphatic carbocycles. The zero-order valence-electron chi connectivity index (χ0n) is 26.4. The topological polar surface area (TPSA) is 104 Å². The number of unbranched alkanes of at least 4 members (excludes halogenated alkanes) is 17. The molecular formula is C34H63NO5S. The van der Waals surface area contributed by atoms with Gasteiger partial charge < -0.3 is 10.4 Å². The number of aliphatic hydroxyl groups is 1. The molecule has 3 N–H and O–H groups in total. The highest BCUT2D eigenvalue weighted by Gasteiger charge is 2.24. The van der Waals surface area contributed by atoms with Gasteiger partial charge in [0, 0.05) is 6.42 Å². The van der Waals surface area contributed by atoms with Gasteiger partial charge in [-0.1, -0.05) is 134 Å². The van der Waals surface area contributed by atoms with E-state index in [4.69, 9.17) is 0 Å². The van der Waals surface area contributed by atoms with Crippen LogP contribution in [0.25, 0.3) is 0 Å². The molecule has 0 heterocycles. The van der Waals surface area contributed by atoms with Crippen molar-refractivity contribution >= 4 is 16.0 Å². The number of nitrogens with one attached hydrogen (secondary N) is 1. The van der Waals surface area contributed by atoms with Crippen molar-refractivity contribution in [1.29, 1.82) is 0 Å². The molecule has 2 unspecified atom stereocenters. The molecule has 2 atom stereocenters. The molecule has 0 spiro atoms. The first-order chi connectivity index (χ1) is 19.8. The van der Waals surface area contributed by atoms with Gasteiger partial charge in [0.1, 0.15) is 0 Å². The number of carbonyl (C=O) groups is 1. The van der Waals surface area contributed by atoms with E-state index in [1.807, 2.05) is 6.08 Å². The number of rotatable bonds is 29. The maximum absolute atomic E-state index is 12.4. The highest BCUT2D eigenvalue weighted by atomic mass is 32.2. The molecule has 0 aromatic carbocycles. The van der Waals surface area contributed by atoms with Crippen LogP contribution in [0.1, 0.15) is 155 Å². The minimum absolute atomic E-state index is 0.286. The van der Waals surface area contributed by atoms with E-state index in [0.717, 1.165) is 57.8 Å². The lowest BCUT2D eigenvalue weighted by atomic mass is 10.1. The largest absolute Gasteiger partial charge is 0.387 e. The Balaban J connectivity index is 4.00. The second-order valence-corrected chi connectivity index (χ2v) is 12.9. The van der Waals surface area contributed by atoms with Crippen molar-refractivity contribution in [2.75, 3.05) is 5.75 Å². The van der Waals surface area contributed by atoms with Crippen LogP contribution < -0.4 is 5.32 Å². The average molecular weight is 598 g/mol. The molecule has 0 aliphatic heterocycles. The second kappa shape index (κ2) is 28.7. The van der Waals surface area contributed by atoms with Gasteiger partial charge in [0.15, 0.2) is 0 Å². The summed E-state index contributed by atoms with van der Waals surface area (Å²) in [6.45, 7) is 4.43. The van der Waals surface area contributed by atoms with Crippen LogP contribution in [-0.4, -0.2) is 41.9 Å². The van der Waals surface area contributed by atoms with Crippen LogP contribution in [0.2, 0.25) is 0 Å². The Morgan fingerprint density at radius 1 is 0.659 bits per heavy atom. The number of carbonyl (C=O) groups excluding carboxylic acids is 1. The molecular weight excluding hydrogens is 534 g/mol. The third kappa shape index (κ3) is 29.8. The van der Waals surface area contributed by atoms with Crippen LogP contribution >= 0.6 is 0 Å². The number of amides is 1. The Hall–Kier alpha value is -1.44. The van der Waals surface area contributed by atoms with Crippen LogP contribution in [0, 0.1) is 0 Å². The molecule has 0 saturated carbocycles. The first kappa shape index (κ1) is 39.6. The molecule has 7 heteroatoms. The lowest BCUT2D eigenvalue weighted by Crippen LogP contribution is -2.46. The predicted octanol–water partition coefficient (Wildman–Crippen LogP) is 9.01. The molecule has 0 saturated heterocycles. The number of hydrogen-bond acceptors (Lipinski definition) is 4. The molecule has 1 amide bonds. The molecule has 0 bridgehead atoms. The van der Waals surface area contributed by atoms with E-state index >= 15 is 0 Å². The average Bonchev–Trinajstić information content (AvgIpc) is 2.92. The first-order valence-corrected chi connectivity index (χ1v) is 18.3. The minimum atomic E-state index is -4.33. The van der Waals surface area contributed by atoms with Gasteiger partial charge in [-0.15, -0.1) is 0 Å². The van der Waals surface area contributed by atoms with Crippen molar-refractivity contribution in [3.8, 4) is 0 Å². The minimum Gasteiger partial charge on any atom is -0.387 e. The molecule has 0 aromatic rings. The summed E-state index contributed by atoms with van der Waals surface area (Å²) in [5.41, 5.74) is 0. The smallest absolute Gasteiger partial charge is 0.267 e. The van der Waals surface area contributed by atoms with E-state index in [-0.39, 0.29) is 12.3 Å². The lowest BCUT2D eigenvalue weighted by Gasteiger charge is -2.21. The van der Waals surface area contributed by atoms with Crippen LogP contribution in [0.15, 0.2) is 36.5 Å². The predicted molar refractivity (Wildman–Crippen MR) is 175 cm³/mol. The summed E-state index contributed by atoms with van der Waals surface area (Å²) in [4.78, 5) is 12.4. The molecule has 0 rings (SSSR count). The Bertz CT molecular complexity index is 791. The number of aliphatic hydroxyl groups excluding tert-OH is 1. The van der Waals surface area contributed by atoms with Crippen molar-refractivity contribution in [1.82, 2.24) is 5.32 Å². The Morgan fingerprint density at radius 3 is 1.63 bits per heavy atom. The van der Waals surface area contributed by atoms with Crippen molar-refractivity contribution < 1.29 is 22.9 Å². The van der Waals surface area contributed by atoms with E-state index in [9.17, 15) is 22.9 Å². The van der Waals surface area contributed by atoms with Gasteiger partial charge in [-0.3, -0.25) is 9.35 Å². The van der Waals surface area contributed by atoms with Gasteiger partial charge in [-0.05, 0) is 51.4 Å². The fourth-order valence-electron chi connectivity index (χ4n) is 4.77. The summed E-state index contributed by atoms with van der Waals surface area (Å²) in [5, 5.41) is 13.1. The summed E-state index contributed by atoms with van der Waals surface area (Å²) in [7, 11) is -4.33. The third-order valence-corrected chi connectivity index (χ3v) is 8.09. The molecule has 6 nitrogen and oxygen atoms in total. The molecule has 0 aliphatic rings. The normalized spacial score (nSPS) is 14.0. The summed E-state index contributed by atoms with van der Waals surface area (Å²) in [5.74, 6) is -0.993. The quantitative estimate of drug-likeness (QED) is 0.0453. The van der Waals surface area contributed by atoms with E-state index < -0.39 is 28.0 Å². The van der Waals surface area contributed by atoms with Crippen LogP contribution in [-0.2, 0) is 14.9 Å².